The van der Waals surface area contributed by atoms with Crippen molar-refractivity contribution < 1.29 is 0 Å². The van der Waals surface area contributed by atoms with Gasteiger partial charge in [0.15, 0.2) is 0 Å². The van der Waals surface area contributed by atoms with Crippen LogP contribution in [0.3, 0.4) is 0 Å². The number of hydrogen-bond donors (Lipinski definition) is 1. The molecule has 0 aromatic heterocycles. The maximum absolute atomic E-state index is 6.68. The minimum Gasteiger partial charge on any atom is -0.327 e. The Labute approximate surface area is 121 Å². The molecule has 0 bridgehead atoms. The second kappa shape index (κ2) is 5.49. The Balaban J connectivity index is 1.76. The van der Waals surface area contributed by atoms with Gasteiger partial charge in [-0.1, -0.05) is 32.0 Å². The van der Waals surface area contributed by atoms with Gasteiger partial charge in [0.05, 0.1) is 0 Å². The summed E-state index contributed by atoms with van der Waals surface area (Å²) in [6.45, 7) is 4.79. The van der Waals surface area contributed by atoms with Gasteiger partial charge in [-0.25, -0.2) is 0 Å². The summed E-state index contributed by atoms with van der Waals surface area (Å²) in [5.74, 6) is 4.17. The van der Waals surface area contributed by atoms with Crippen LogP contribution in [0.15, 0.2) is 29.2 Å². The Morgan fingerprint density at radius 3 is 2.53 bits per heavy atom. The highest BCUT2D eigenvalue weighted by molar-refractivity contribution is 7.99. The van der Waals surface area contributed by atoms with Crippen LogP contribution in [0.2, 0.25) is 0 Å². The van der Waals surface area contributed by atoms with Gasteiger partial charge in [-0.3, -0.25) is 0 Å². The molecule has 0 spiro atoms. The molecule has 1 nitrogen and oxygen atoms in total. The van der Waals surface area contributed by atoms with Gasteiger partial charge in [-0.2, -0.15) is 0 Å². The van der Waals surface area contributed by atoms with Crippen LogP contribution in [0.25, 0.3) is 0 Å². The fourth-order valence-corrected chi connectivity index (χ4v) is 5.48. The fraction of sp³-hybridized carbons (Fsp3) is 0.647. The van der Waals surface area contributed by atoms with Crippen molar-refractivity contribution in [3.05, 3.63) is 29.8 Å². The minimum atomic E-state index is 0.348. The van der Waals surface area contributed by atoms with Gasteiger partial charge in [-0.15, -0.1) is 11.8 Å². The lowest BCUT2D eigenvalue weighted by Crippen LogP contribution is -2.40. The Morgan fingerprint density at radius 1 is 1.11 bits per heavy atom. The smallest absolute Gasteiger partial charge is 0.0145 e. The van der Waals surface area contributed by atoms with E-state index >= 15 is 0 Å². The first-order chi connectivity index (χ1) is 9.15. The third-order valence-electron chi connectivity index (χ3n) is 4.96. The molecule has 3 rings (SSSR count). The van der Waals surface area contributed by atoms with Crippen LogP contribution in [-0.4, -0.2) is 11.8 Å². The van der Waals surface area contributed by atoms with Crippen molar-refractivity contribution in [1.82, 2.24) is 0 Å². The van der Waals surface area contributed by atoms with Gasteiger partial charge in [0.25, 0.3) is 0 Å². The predicted octanol–water partition coefficient (Wildman–Crippen LogP) is 4.28. The van der Waals surface area contributed by atoms with E-state index in [0.29, 0.717) is 12.0 Å². The number of hydrogen-bond acceptors (Lipinski definition) is 2. The highest BCUT2D eigenvalue weighted by Gasteiger charge is 2.35. The van der Waals surface area contributed by atoms with E-state index in [9.17, 15) is 0 Å². The van der Waals surface area contributed by atoms with Crippen LogP contribution in [0.5, 0.6) is 0 Å². The van der Waals surface area contributed by atoms with E-state index in [1.807, 2.05) is 11.8 Å². The molecule has 1 aliphatic carbocycles. The summed E-state index contributed by atoms with van der Waals surface area (Å²) >= 11 is 1.99. The molecule has 1 heterocycles. The van der Waals surface area contributed by atoms with Gasteiger partial charge in [0.1, 0.15) is 0 Å². The lowest BCUT2D eigenvalue weighted by molar-refractivity contribution is 0.183. The van der Waals surface area contributed by atoms with Gasteiger partial charge in [-0.05, 0) is 48.6 Å². The van der Waals surface area contributed by atoms with Crippen LogP contribution >= 0.6 is 11.8 Å². The summed E-state index contributed by atoms with van der Waals surface area (Å²) in [6, 6.07) is 9.19. The fourth-order valence-electron chi connectivity index (χ4n) is 4.16. The number of benzene rings is 1. The van der Waals surface area contributed by atoms with E-state index in [1.165, 1.54) is 35.5 Å². The van der Waals surface area contributed by atoms with Crippen LogP contribution in [0.1, 0.15) is 44.6 Å². The Kier molecular flexibility index (Phi) is 3.91. The number of nitrogens with two attached hydrogens (primary N) is 1. The van der Waals surface area contributed by atoms with E-state index in [4.69, 9.17) is 5.73 Å². The summed E-state index contributed by atoms with van der Waals surface area (Å²) in [5.41, 5.74) is 8.19. The maximum atomic E-state index is 6.68. The Hall–Kier alpha value is -0.470. The third kappa shape index (κ3) is 2.71. The van der Waals surface area contributed by atoms with Crippen molar-refractivity contribution in [3.63, 3.8) is 0 Å². The van der Waals surface area contributed by atoms with E-state index in [-0.39, 0.29) is 0 Å². The van der Waals surface area contributed by atoms with Crippen LogP contribution in [-0.2, 0) is 0 Å². The SMILES string of the molecule is CC1CC(C)CC(C(N)C2CSc3ccccc32)C1. The number of thioether (sulfide) groups is 1. The summed E-state index contributed by atoms with van der Waals surface area (Å²) in [5, 5.41) is 0. The highest BCUT2D eigenvalue weighted by atomic mass is 32.2. The maximum Gasteiger partial charge on any atom is 0.0145 e. The minimum absolute atomic E-state index is 0.348. The molecule has 1 aromatic rings. The van der Waals surface area contributed by atoms with Crippen molar-refractivity contribution in [1.29, 1.82) is 0 Å². The molecule has 1 fully saturated rings. The standard InChI is InChI=1S/C17H25NS/c1-11-7-12(2)9-13(8-11)17(18)15-10-19-16-6-4-3-5-14(15)16/h3-6,11-13,15,17H,7-10,18H2,1-2H3. The van der Waals surface area contributed by atoms with Crippen molar-refractivity contribution in [3.8, 4) is 0 Å². The molecule has 0 saturated heterocycles. The summed E-state index contributed by atoms with van der Waals surface area (Å²) in [6.07, 6.45) is 4.04. The van der Waals surface area contributed by atoms with Crippen LogP contribution < -0.4 is 5.73 Å². The summed E-state index contributed by atoms with van der Waals surface area (Å²) in [7, 11) is 0. The quantitative estimate of drug-likeness (QED) is 0.872. The Morgan fingerprint density at radius 2 is 1.79 bits per heavy atom. The normalized spacial score (nSPS) is 35.9. The van der Waals surface area contributed by atoms with Crippen molar-refractivity contribution in [2.24, 2.45) is 23.5 Å². The predicted molar refractivity (Wildman–Crippen MR) is 83.6 cm³/mol. The topological polar surface area (TPSA) is 26.0 Å². The molecule has 104 valence electrons. The summed E-state index contributed by atoms with van der Waals surface area (Å²) in [4.78, 5) is 1.46. The molecule has 1 saturated carbocycles. The molecule has 4 unspecified atom stereocenters. The molecule has 1 aliphatic heterocycles. The first-order valence-corrected chi connectivity index (χ1v) is 8.61. The lowest BCUT2D eigenvalue weighted by Gasteiger charge is -2.37. The van der Waals surface area contributed by atoms with Crippen LogP contribution in [0.4, 0.5) is 0 Å². The zero-order chi connectivity index (χ0) is 13.4. The summed E-state index contributed by atoms with van der Waals surface area (Å²) < 4.78 is 0. The van der Waals surface area contributed by atoms with Gasteiger partial charge in [0, 0.05) is 22.6 Å². The Bertz CT molecular complexity index is 435. The zero-order valence-corrected chi connectivity index (χ0v) is 12.8. The molecule has 2 aliphatic rings. The zero-order valence-electron chi connectivity index (χ0n) is 12.0. The van der Waals surface area contributed by atoms with Crippen molar-refractivity contribution in [2.75, 3.05) is 5.75 Å². The number of rotatable bonds is 2. The molecule has 2 N–H and O–H groups in total. The molecular formula is C17H25NS. The molecular weight excluding hydrogens is 250 g/mol. The van der Waals surface area contributed by atoms with Gasteiger partial charge in [0.2, 0.25) is 0 Å². The number of fused-ring (bicyclic) bond motifs is 1. The average molecular weight is 275 g/mol. The first kappa shape index (κ1) is 13.5. The van der Waals surface area contributed by atoms with E-state index in [0.717, 1.165) is 17.8 Å². The van der Waals surface area contributed by atoms with Gasteiger partial charge < -0.3 is 5.73 Å². The third-order valence-corrected chi connectivity index (χ3v) is 6.17. The van der Waals surface area contributed by atoms with Crippen molar-refractivity contribution in [2.45, 2.75) is 50.0 Å². The van der Waals surface area contributed by atoms with E-state index in [2.05, 4.69) is 38.1 Å². The molecule has 19 heavy (non-hydrogen) atoms. The second-order valence-electron chi connectivity index (χ2n) is 6.71. The molecule has 1 aromatic carbocycles. The van der Waals surface area contributed by atoms with Crippen molar-refractivity contribution >= 4 is 11.8 Å². The first-order valence-electron chi connectivity index (χ1n) is 7.62. The highest BCUT2D eigenvalue weighted by Crippen LogP contribution is 2.45. The molecule has 0 radical (unpaired) electrons. The molecule has 2 heteroatoms. The van der Waals surface area contributed by atoms with E-state index < -0.39 is 0 Å². The average Bonchev–Trinajstić information content (AvgIpc) is 2.80. The monoisotopic (exact) mass is 275 g/mol. The second-order valence-corrected chi connectivity index (χ2v) is 7.77. The largest absolute Gasteiger partial charge is 0.327 e. The lowest BCUT2D eigenvalue weighted by atomic mass is 9.71. The van der Waals surface area contributed by atoms with Crippen LogP contribution in [0, 0.1) is 17.8 Å². The van der Waals surface area contributed by atoms with Gasteiger partial charge >= 0.3 is 0 Å². The molecule has 4 atom stereocenters. The molecule has 0 amide bonds. The van der Waals surface area contributed by atoms with E-state index in [1.54, 1.807) is 0 Å².